The molecule has 26 heavy (non-hydrogen) atoms. The molecule has 2 amide bonds. The molecule has 3 aliphatic rings. The molecule has 1 heterocycles. The van der Waals surface area contributed by atoms with Gasteiger partial charge in [-0.05, 0) is 67.1 Å². The van der Waals surface area contributed by atoms with Gasteiger partial charge in [0.25, 0.3) is 0 Å². The second-order valence-corrected chi connectivity index (χ2v) is 7.42. The van der Waals surface area contributed by atoms with Gasteiger partial charge in [0, 0.05) is 0 Å². The fourth-order valence-corrected chi connectivity index (χ4v) is 4.63. The summed E-state index contributed by atoms with van der Waals surface area (Å²) in [7, 11) is 0. The second kappa shape index (κ2) is 5.56. The number of anilines is 1. The molecule has 2 aliphatic carbocycles. The summed E-state index contributed by atoms with van der Waals surface area (Å²) in [6.45, 7) is 2.01. The van der Waals surface area contributed by atoms with Crippen LogP contribution in [-0.2, 0) is 9.59 Å². The molecule has 2 bridgehead atoms. The average Bonchev–Trinajstić information content (AvgIpc) is 3.30. The van der Waals surface area contributed by atoms with Gasteiger partial charge in [-0.2, -0.15) is 0 Å². The molecule has 130 valence electrons. The Kier molecular flexibility index (Phi) is 3.29. The number of benzene rings is 2. The monoisotopic (exact) mass is 345 g/mol. The van der Waals surface area contributed by atoms with Crippen LogP contribution >= 0.6 is 0 Å². The van der Waals surface area contributed by atoms with E-state index in [9.17, 15) is 9.59 Å². The first-order valence-electron chi connectivity index (χ1n) is 9.02. The highest BCUT2D eigenvalue weighted by Gasteiger charge is 2.59. The number of rotatable bonds is 3. The molecule has 2 aromatic carbocycles. The largest absolute Gasteiger partial charge is 0.457 e. The maximum atomic E-state index is 12.8. The van der Waals surface area contributed by atoms with Crippen LogP contribution in [0.1, 0.15) is 12.0 Å². The van der Waals surface area contributed by atoms with Crippen molar-refractivity contribution in [2.24, 2.45) is 23.7 Å². The molecule has 1 aliphatic heterocycles. The quantitative estimate of drug-likeness (QED) is 0.621. The Bertz CT molecular complexity index is 901. The van der Waals surface area contributed by atoms with Gasteiger partial charge < -0.3 is 4.74 Å². The first kappa shape index (κ1) is 15.4. The van der Waals surface area contributed by atoms with Gasteiger partial charge in [-0.25, -0.2) is 0 Å². The molecule has 0 unspecified atom stereocenters. The zero-order valence-corrected chi connectivity index (χ0v) is 14.5. The molecule has 0 aromatic heterocycles. The van der Waals surface area contributed by atoms with Crippen molar-refractivity contribution >= 4 is 17.5 Å². The third kappa shape index (κ3) is 2.22. The predicted molar refractivity (Wildman–Crippen MR) is 97.9 cm³/mol. The molecular formula is C22H19NO3. The van der Waals surface area contributed by atoms with Gasteiger partial charge in [0.05, 0.1) is 17.5 Å². The normalized spacial score (nSPS) is 28.7. The fraction of sp³-hybridized carbons (Fsp3) is 0.273. The number of allylic oxidation sites excluding steroid dienone is 2. The van der Waals surface area contributed by atoms with Crippen molar-refractivity contribution in [3.63, 3.8) is 0 Å². The van der Waals surface area contributed by atoms with E-state index in [1.54, 1.807) is 24.3 Å². The van der Waals surface area contributed by atoms with E-state index in [-0.39, 0.29) is 35.5 Å². The molecule has 0 radical (unpaired) electrons. The highest BCUT2D eigenvalue weighted by molar-refractivity contribution is 6.22. The van der Waals surface area contributed by atoms with Gasteiger partial charge in [0.2, 0.25) is 11.8 Å². The summed E-state index contributed by atoms with van der Waals surface area (Å²) in [5.74, 6) is 1.48. The summed E-state index contributed by atoms with van der Waals surface area (Å²) in [6, 6.07) is 15.0. The molecule has 2 aromatic rings. The highest BCUT2D eigenvalue weighted by atomic mass is 16.5. The molecule has 4 nitrogen and oxygen atoms in total. The first-order valence-corrected chi connectivity index (χ1v) is 9.02. The van der Waals surface area contributed by atoms with Crippen molar-refractivity contribution < 1.29 is 14.3 Å². The van der Waals surface area contributed by atoms with E-state index in [0.717, 1.165) is 17.7 Å². The number of hydrogen-bond acceptors (Lipinski definition) is 3. The summed E-state index contributed by atoms with van der Waals surface area (Å²) in [4.78, 5) is 27.1. The molecule has 0 N–H and O–H groups in total. The summed E-state index contributed by atoms with van der Waals surface area (Å²) < 4.78 is 5.85. The van der Waals surface area contributed by atoms with Gasteiger partial charge >= 0.3 is 0 Å². The minimum Gasteiger partial charge on any atom is -0.457 e. The lowest BCUT2D eigenvalue weighted by atomic mass is 9.85. The third-order valence-corrected chi connectivity index (χ3v) is 5.79. The number of nitrogens with zero attached hydrogens (tertiary/aromatic N) is 1. The van der Waals surface area contributed by atoms with Crippen molar-refractivity contribution in [3.05, 3.63) is 66.2 Å². The Morgan fingerprint density at radius 3 is 2.15 bits per heavy atom. The van der Waals surface area contributed by atoms with E-state index < -0.39 is 0 Å². The lowest BCUT2D eigenvalue weighted by Crippen LogP contribution is -2.32. The molecule has 4 heteroatoms. The van der Waals surface area contributed by atoms with Crippen LogP contribution in [0.3, 0.4) is 0 Å². The van der Waals surface area contributed by atoms with E-state index >= 15 is 0 Å². The van der Waals surface area contributed by atoms with E-state index in [0.29, 0.717) is 11.4 Å². The smallest absolute Gasteiger partial charge is 0.238 e. The maximum Gasteiger partial charge on any atom is 0.238 e. The van der Waals surface area contributed by atoms with E-state index in [1.165, 1.54) is 4.90 Å². The summed E-state index contributed by atoms with van der Waals surface area (Å²) in [5, 5.41) is 0. The Hall–Kier alpha value is -2.88. The number of carbonyl (C=O) groups is 2. The fourth-order valence-electron chi connectivity index (χ4n) is 4.63. The molecule has 4 atom stereocenters. The summed E-state index contributed by atoms with van der Waals surface area (Å²) in [6.07, 6.45) is 5.17. The SMILES string of the molecule is Cc1cccc(Oc2ccc(N3C(=O)[C@@H]4[C@H](C3=O)[C@@H]3C=C[C@H]4C3)cc2)c1. The van der Waals surface area contributed by atoms with Gasteiger partial charge in [-0.1, -0.05) is 24.3 Å². The van der Waals surface area contributed by atoms with Gasteiger partial charge in [0.1, 0.15) is 11.5 Å². The van der Waals surface area contributed by atoms with E-state index in [4.69, 9.17) is 4.74 Å². The Morgan fingerprint density at radius 1 is 0.885 bits per heavy atom. The number of fused-ring (bicyclic) bond motifs is 5. The zero-order chi connectivity index (χ0) is 17.8. The van der Waals surface area contributed by atoms with Crippen LogP contribution in [0.25, 0.3) is 0 Å². The van der Waals surface area contributed by atoms with Crippen LogP contribution in [0.2, 0.25) is 0 Å². The van der Waals surface area contributed by atoms with Crippen LogP contribution < -0.4 is 9.64 Å². The number of hydrogen-bond donors (Lipinski definition) is 0. The summed E-state index contributed by atoms with van der Waals surface area (Å²) >= 11 is 0. The van der Waals surface area contributed by atoms with Crippen molar-refractivity contribution in [2.75, 3.05) is 4.90 Å². The minimum absolute atomic E-state index is 0.0517. The molecular weight excluding hydrogens is 326 g/mol. The Morgan fingerprint density at radius 2 is 1.54 bits per heavy atom. The lowest BCUT2D eigenvalue weighted by Gasteiger charge is -2.17. The van der Waals surface area contributed by atoms with Crippen LogP contribution in [-0.4, -0.2) is 11.8 Å². The third-order valence-electron chi connectivity index (χ3n) is 5.79. The van der Waals surface area contributed by atoms with Crippen molar-refractivity contribution in [2.45, 2.75) is 13.3 Å². The van der Waals surface area contributed by atoms with Crippen LogP contribution in [0.5, 0.6) is 11.5 Å². The van der Waals surface area contributed by atoms with Gasteiger partial charge in [0.15, 0.2) is 0 Å². The predicted octanol–water partition coefficient (Wildman–Crippen LogP) is 4.10. The van der Waals surface area contributed by atoms with Crippen LogP contribution in [0.4, 0.5) is 5.69 Å². The molecule has 5 rings (SSSR count). The minimum atomic E-state index is -0.166. The van der Waals surface area contributed by atoms with Crippen molar-refractivity contribution in [1.29, 1.82) is 0 Å². The van der Waals surface area contributed by atoms with Crippen LogP contribution in [0.15, 0.2) is 60.7 Å². The average molecular weight is 345 g/mol. The first-order chi connectivity index (χ1) is 12.6. The number of ether oxygens (including phenoxy) is 1. The molecule has 0 spiro atoms. The number of amides is 2. The van der Waals surface area contributed by atoms with Gasteiger partial charge in [-0.3, -0.25) is 14.5 Å². The Balaban J connectivity index is 1.38. The highest BCUT2D eigenvalue weighted by Crippen LogP contribution is 2.53. The number of aryl methyl sites for hydroxylation is 1. The van der Waals surface area contributed by atoms with E-state index in [1.807, 2.05) is 31.2 Å². The standard InChI is InChI=1S/C22H19NO3/c1-13-3-2-4-18(11-13)26-17-9-7-16(8-10-17)23-21(24)19-14-5-6-15(12-14)20(19)22(23)25/h2-11,14-15,19-20H,12H2,1H3/t14-,15+,19-,20+. The van der Waals surface area contributed by atoms with Crippen molar-refractivity contribution in [1.82, 2.24) is 0 Å². The van der Waals surface area contributed by atoms with Crippen LogP contribution in [0, 0.1) is 30.6 Å². The van der Waals surface area contributed by atoms with E-state index in [2.05, 4.69) is 12.2 Å². The number of carbonyl (C=O) groups excluding carboxylic acids is 2. The summed E-state index contributed by atoms with van der Waals surface area (Å²) in [5.41, 5.74) is 1.76. The topological polar surface area (TPSA) is 46.6 Å². The van der Waals surface area contributed by atoms with Gasteiger partial charge in [-0.15, -0.1) is 0 Å². The lowest BCUT2D eigenvalue weighted by molar-refractivity contribution is -0.123. The number of imide groups is 1. The Labute approximate surface area is 152 Å². The zero-order valence-electron chi connectivity index (χ0n) is 14.5. The van der Waals surface area contributed by atoms with Crippen molar-refractivity contribution in [3.8, 4) is 11.5 Å². The second-order valence-electron chi connectivity index (χ2n) is 7.42. The molecule has 2 fully saturated rings. The molecule has 1 saturated heterocycles. The molecule has 1 saturated carbocycles. The maximum absolute atomic E-state index is 12.8.